The van der Waals surface area contributed by atoms with Gasteiger partial charge in [-0.1, -0.05) is 29.8 Å². The molecule has 4 aliphatic rings. The highest BCUT2D eigenvalue weighted by atomic mass is 16.2. The summed E-state index contributed by atoms with van der Waals surface area (Å²) in [6, 6.07) is 10.2. The number of para-hydroxylation sites is 1. The second-order valence-corrected chi connectivity index (χ2v) is 8.43. The van der Waals surface area contributed by atoms with Gasteiger partial charge in [-0.05, 0) is 37.3 Å². The minimum absolute atomic E-state index is 0.103. The van der Waals surface area contributed by atoms with Crippen LogP contribution in [0.4, 0.5) is 5.69 Å². The summed E-state index contributed by atoms with van der Waals surface area (Å²) in [7, 11) is 0. The molecule has 3 fully saturated rings. The van der Waals surface area contributed by atoms with Crippen LogP contribution in [0.15, 0.2) is 42.0 Å². The van der Waals surface area contributed by atoms with Crippen LogP contribution in [0.25, 0.3) is 0 Å². The number of benzene rings is 1. The van der Waals surface area contributed by atoms with Crippen LogP contribution < -0.4 is 4.90 Å². The molecule has 6 heteroatoms. The first-order chi connectivity index (χ1) is 13.5. The molecular weight excluding hydrogens is 354 g/mol. The molecule has 6 nitrogen and oxygen atoms in total. The number of carbonyl (C=O) groups excluding carboxylic acids is 3. The first kappa shape index (κ1) is 17.5. The molecule has 1 saturated carbocycles. The van der Waals surface area contributed by atoms with Crippen LogP contribution in [0.5, 0.6) is 0 Å². The second-order valence-electron chi connectivity index (χ2n) is 8.43. The number of hydrogen-bond donors (Lipinski definition) is 0. The molecule has 2 bridgehead atoms. The quantitative estimate of drug-likeness (QED) is 0.590. The first-order valence-electron chi connectivity index (χ1n) is 10.2. The molecule has 0 spiro atoms. The summed E-state index contributed by atoms with van der Waals surface area (Å²) < 4.78 is 0. The lowest BCUT2D eigenvalue weighted by Gasteiger charge is -2.36. The third kappa shape index (κ3) is 2.58. The van der Waals surface area contributed by atoms with Gasteiger partial charge >= 0.3 is 0 Å². The maximum absolute atomic E-state index is 12.9. The Labute approximate surface area is 164 Å². The zero-order chi connectivity index (χ0) is 19.4. The van der Waals surface area contributed by atoms with Gasteiger partial charge in [-0.15, -0.1) is 0 Å². The highest BCUT2D eigenvalue weighted by Gasteiger charge is 2.60. The fraction of sp³-hybridized carbons (Fsp3) is 0.500. The summed E-state index contributed by atoms with van der Waals surface area (Å²) in [4.78, 5) is 43.8. The number of fused-ring (bicyclic) bond motifs is 5. The van der Waals surface area contributed by atoms with Gasteiger partial charge < -0.3 is 9.80 Å². The Balaban J connectivity index is 1.21. The van der Waals surface area contributed by atoms with Crippen molar-refractivity contribution < 1.29 is 14.4 Å². The summed E-state index contributed by atoms with van der Waals surface area (Å²) in [5.74, 6) is -0.476. The highest BCUT2D eigenvalue weighted by molar-refractivity contribution is 6.08. The van der Waals surface area contributed by atoms with E-state index in [-0.39, 0.29) is 47.9 Å². The van der Waals surface area contributed by atoms with E-state index in [4.69, 9.17) is 0 Å². The Morgan fingerprint density at radius 2 is 1.68 bits per heavy atom. The van der Waals surface area contributed by atoms with Crippen molar-refractivity contribution >= 4 is 23.4 Å². The fourth-order valence-electron chi connectivity index (χ4n) is 5.58. The lowest BCUT2D eigenvalue weighted by molar-refractivity contribution is -0.147. The first-order valence-corrected chi connectivity index (χ1v) is 10.2. The van der Waals surface area contributed by atoms with Gasteiger partial charge in [0.05, 0.1) is 11.8 Å². The number of piperazine rings is 1. The third-order valence-electron chi connectivity index (χ3n) is 7.02. The zero-order valence-electron chi connectivity index (χ0n) is 16.1. The molecule has 2 heterocycles. The smallest absolute Gasteiger partial charge is 0.242 e. The van der Waals surface area contributed by atoms with Crippen molar-refractivity contribution in [1.82, 2.24) is 9.80 Å². The van der Waals surface area contributed by atoms with Crippen molar-refractivity contribution in [1.29, 1.82) is 0 Å². The summed E-state index contributed by atoms with van der Waals surface area (Å²) in [5.41, 5.74) is 2.39. The van der Waals surface area contributed by atoms with Gasteiger partial charge in [0.1, 0.15) is 6.54 Å². The predicted octanol–water partition coefficient (Wildman–Crippen LogP) is 1.53. The number of amides is 3. The van der Waals surface area contributed by atoms with Gasteiger partial charge in [0.2, 0.25) is 17.7 Å². The lowest BCUT2D eigenvalue weighted by Crippen LogP contribution is -2.52. The number of carbonyl (C=O) groups is 3. The molecule has 0 radical (unpaired) electrons. The lowest BCUT2D eigenvalue weighted by atomic mass is 9.82. The largest absolute Gasteiger partial charge is 0.368 e. The van der Waals surface area contributed by atoms with Crippen LogP contribution in [0.2, 0.25) is 0 Å². The second kappa shape index (κ2) is 6.47. The molecule has 3 amide bonds. The Bertz CT molecular complexity index is 857. The number of imide groups is 1. The van der Waals surface area contributed by atoms with E-state index < -0.39 is 0 Å². The standard InChI is InChI=1S/C22H25N3O3/c1-14-11-15-12-17(14)20-19(15)21(27)25(22(20)28)13-18(26)24-9-7-23(8-10-24)16-5-3-2-4-6-16/h2-6,11,15,17,19-20H,7-10,12-13H2,1H3/t15-,17-,19-,20-/m1/s1. The predicted molar refractivity (Wildman–Crippen MR) is 104 cm³/mol. The Kier molecular flexibility index (Phi) is 4.03. The van der Waals surface area contributed by atoms with Gasteiger partial charge in [0.25, 0.3) is 0 Å². The van der Waals surface area contributed by atoms with Crippen LogP contribution in [0, 0.1) is 23.7 Å². The zero-order valence-corrected chi connectivity index (χ0v) is 16.1. The molecule has 5 rings (SSSR count). The van der Waals surface area contributed by atoms with Gasteiger partial charge in [-0.25, -0.2) is 0 Å². The molecule has 2 saturated heterocycles. The summed E-state index contributed by atoms with van der Waals surface area (Å²) >= 11 is 0. The Morgan fingerprint density at radius 1 is 1.00 bits per heavy atom. The molecule has 4 atom stereocenters. The van der Waals surface area contributed by atoms with Crippen molar-refractivity contribution in [2.75, 3.05) is 37.6 Å². The summed E-state index contributed by atoms with van der Waals surface area (Å²) in [6.45, 7) is 4.70. The Hall–Kier alpha value is -2.63. The van der Waals surface area contributed by atoms with Gasteiger partial charge in [0, 0.05) is 31.9 Å². The number of likely N-dealkylation sites (tertiary alicyclic amines) is 1. The van der Waals surface area contributed by atoms with E-state index in [1.54, 1.807) is 4.90 Å². The summed E-state index contributed by atoms with van der Waals surface area (Å²) in [6.07, 6.45) is 3.08. The van der Waals surface area contributed by atoms with Crippen molar-refractivity contribution in [2.24, 2.45) is 23.7 Å². The number of anilines is 1. The molecule has 0 aromatic heterocycles. The van der Waals surface area contributed by atoms with Crippen molar-refractivity contribution in [3.05, 3.63) is 42.0 Å². The normalized spacial score (nSPS) is 31.5. The van der Waals surface area contributed by atoms with Crippen LogP contribution in [-0.2, 0) is 14.4 Å². The number of rotatable bonds is 3. The average Bonchev–Trinajstić information content (AvgIpc) is 3.35. The minimum Gasteiger partial charge on any atom is -0.368 e. The fourth-order valence-corrected chi connectivity index (χ4v) is 5.58. The van der Waals surface area contributed by atoms with Gasteiger partial charge in [-0.3, -0.25) is 19.3 Å². The van der Waals surface area contributed by atoms with E-state index in [2.05, 4.69) is 30.0 Å². The molecule has 1 aromatic rings. The van der Waals surface area contributed by atoms with E-state index in [0.29, 0.717) is 13.1 Å². The van der Waals surface area contributed by atoms with E-state index in [0.717, 1.165) is 25.2 Å². The highest BCUT2D eigenvalue weighted by Crippen LogP contribution is 2.55. The van der Waals surface area contributed by atoms with Crippen LogP contribution in [-0.4, -0.2) is 60.2 Å². The topological polar surface area (TPSA) is 60.9 Å². The molecule has 2 aliphatic carbocycles. The molecule has 146 valence electrons. The van der Waals surface area contributed by atoms with E-state index in [1.165, 1.54) is 10.5 Å². The van der Waals surface area contributed by atoms with Crippen molar-refractivity contribution in [3.8, 4) is 0 Å². The number of hydrogen-bond acceptors (Lipinski definition) is 4. The average molecular weight is 379 g/mol. The molecule has 28 heavy (non-hydrogen) atoms. The minimum atomic E-state index is -0.232. The van der Waals surface area contributed by atoms with Crippen molar-refractivity contribution in [3.63, 3.8) is 0 Å². The van der Waals surface area contributed by atoms with Gasteiger partial charge in [-0.2, -0.15) is 0 Å². The SMILES string of the molecule is CC1=C[C@@H]2C[C@H]1[C@H]1C(=O)N(CC(=O)N3CCN(c4ccccc4)CC3)C(=O)[C@@H]12. The number of nitrogens with zero attached hydrogens (tertiary/aromatic N) is 3. The van der Waals surface area contributed by atoms with E-state index in [9.17, 15) is 14.4 Å². The van der Waals surface area contributed by atoms with Crippen LogP contribution >= 0.6 is 0 Å². The molecule has 0 N–H and O–H groups in total. The monoisotopic (exact) mass is 379 g/mol. The van der Waals surface area contributed by atoms with E-state index in [1.807, 2.05) is 18.2 Å². The summed E-state index contributed by atoms with van der Waals surface area (Å²) in [5, 5.41) is 0. The molecule has 1 aromatic carbocycles. The molecule has 0 unspecified atom stereocenters. The molecule has 2 aliphatic heterocycles. The maximum Gasteiger partial charge on any atom is 0.242 e. The Morgan fingerprint density at radius 3 is 2.39 bits per heavy atom. The van der Waals surface area contributed by atoms with E-state index >= 15 is 0 Å². The number of allylic oxidation sites excluding steroid dienone is 2. The van der Waals surface area contributed by atoms with Crippen LogP contribution in [0.1, 0.15) is 13.3 Å². The third-order valence-corrected chi connectivity index (χ3v) is 7.02. The molecular formula is C22H25N3O3. The van der Waals surface area contributed by atoms with Crippen LogP contribution in [0.3, 0.4) is 0 Å². The maximum atomic E-state index is 12.9. The van der Waals surface area contributed by atoms with Gasteiger partial charge in [0.15, 0.2) is 0 Å². The van der Waals surface area contributed by atoms with Crippen molar-refractivity contribution in [2.45, 2.75) is 13.3 Å².